The lowest BCUT2D eigenvalue weighted by Crippen LogP contribution is -2.77. The minimum atomic E-state index is -2.85. The predicted octanol–water partition coefficient (Wildman–Crippen LogP) is 13.3. The smallest absolute Gasteiger partial charge is 0.184 e. The lowest BCUT2D eigenvalue weighted by molar-refractivity contribution is 1.25. The molecule has 0 fully saturated rings. The van der Waals surface area contributed by atoms with Crippen LogP contribution in [0.15, 0.2) is 267 Å². The summed E-state index contributed by atoms with van der Waals surface area (Å²) in [5.74, 6) is 0. The van der Waals surface area contributed by atoms with Crippen molar-refractivity contribution in [1.82, 2.24) is 0 Å². The molecule has 3 heteroatoms. The Morgan fingerprint density at radius 1 is 0.270 bits per heavy atom. The number of fused-ring (bicyclic) bond motifs is 2. The van der Waals surface area contributed by atoms with Crippen LogP contribution in [0.1, 0.15) is 0 Å². The first-order chi connectivity index (χ1) is 31.3. The molecule has 298 valence electrons. The third-order valence-corrected chi connectivity index (χ3v) is 17.4. The normalized spacial score (nSPS) is 12.5. The fourth-order valence-corrected chi connectivity index (χ4v) is 14.7. The van der Waals surface area contributed by atoms with Gasteiger partial charge in [0.15, 0.2) is 8.07 Å². The van der Waals surface area contributed by atoms with Gasteiger partial charge in [0.2, 0.25) is 0 Å². The van der Waals surface area contributed by atoms with Gasteiger partial charge < -0.3 is 9.80 Å². The summed E-state index contributed by atoms with van der Waals surface area (Å²) in [6.07, 6.45) is 0. The van der Waals surface area contributed by atoms with Gasteiger partial charge in [0.1, 0.15) is 0 Å². The zero-order valence-electron chi connectivity index (χ0n) is 34.8. The van der Waals surface area contributed by atoms with E-state index in [4.69, 9.17) is 0 Å². The van der Waals surface area contributed by atoms with Crippen molar-refractivity contribution in [2.45, 2.75) is 0 Å². The van der Waals surface area contributed by atoms with Gasteiger partial charge in [0.25, 0.3) is 0 Å². The minimum absolute atomic E-state index is 1.09. The maximum Gasteiger partial charge on any atom is 0.184 e. The van der Waals surface area contributed by atoms with Gasteiger partial charge in [-0.1, -0.05) is 212 Å². The van der Waals surface area contributed by atoms with E-state index < -0.39 is 8.07 Å². The molecule has 10 aromatic carbocycles. The zero-order valence-corrected chi connectivity index (χ0v) is 35.8. The van der Waals surface area contributed by atoms with Crippen molar-refractivity contribution in [3.05, 3.63) is 267 Å². The lowest BCUT2D eigenvalue weighted by Gasteiger charge is -2.45. The lowest BCUT2D eigenvalue weighted by atomic mass is 9.99. The van der Waals surface area contributed by atoms with Gasteiger partial charge >= 0.3 is 0 Å². The van der Waals surface area contributed by atoms with Gasteiger partial charge in [-0.25, -0.2) is 0 Å². The van der Waals surface area contributed by atoms with Crippen LogP contribution in [-0.2, 0) is 0 Å². The predicted molar refractivity (Wildman–Crippen MR) is 269 cm³/mol. The van der Waals surface area contributed by atoms with Gasteiger partial charge in [0.05, 0.1) is 0 Å². The second kappa shape index (κ2) is 16.5. The standard InChI is InChI=1S/C60H44N2Si/c1-6-19-45(20-7-1)47-33-35-49(36-34-47)50-23-18-26-53(43-50)61(52-39-37-48(38-40-52)46-21-8-2-9-22-46)54-41-42-60-58(44-54)62(51-24-10-3-11-25-51)57-31-16-17-32-59(57)63(60,55-27-12-4-13-28-55)56-29-14-5-15-30-56/h1-44H. The first kappa shape index (κ1) is 38.0. The molecule has 10 aromatic rings. The van der Waals surface area contributed by atoms with E-state index in [9.17, 15) is 0 Å². The summed E-state index contributed by atoms with van der Waals surface area (Å²) < 4.78 is 0. The van der Waals surface area contributed by atoms with Crippen molar-refractivity contribution in [3.8, 4) is 33.4 Å². The molecule has 63 heavy (non-hydrogen) atoms. The van der Waals surface area contributed by atoms with Crippen LogP contribution in [0.4, 0.5) is 34.1 Å². The van der Waals surface area contributed by atoms with Crippen molar-refractivity contribution in [3.63, 3.8) is 0 Å². The third kappa shape index (κ3) is 6.86. The molecule has 0 spiro atoms. The molecular weight excluding hydrogens is 777 g/mol. The molecule has 0 unspecified atom stereocenters. The molecule has 0 saturated carbocycles. The van der Waals surface area contributed by atoms with E-state index in [1.807, 2.05) is 0 Å². The Hall–Kier alpha value is -7.98. The van der Waals surface area contributed by atoms with E-state index in [-0.39, 0.29) is 0 Å². The van der Waals surface area contributed by atoms with Crippen LogP contribution in [0.3, 0.4) is 0 Å². The highest BCUT2D eigenvalue weighted by molar-refractivity contribution is 7.21. The van der Waals surface area contributed by atoms with Crippen LogP contribution < -0.4 is 30.5 Å². The summed E-state index contributed by atoms with van der Waals surface area (Å²) in [6.45, 7) is 0. The van der Waals surface area contributed by atoms with Gasteiger partial charge in [0, 0.05) is 34.1 Å². The highest BCUT2D eigenvalue weighted by Crippen LogP contribution is 2.43. The molecule has 0 saturated heterocycles. The zero-order chi connectivity index (χ0) is 42.0. The molecular formula is C60H44N2Si. The van der Waals surface area contributed by atoms with Crippen LogP contribution >= 0.6 is 0 Å². The van der Waals surface area contributed by atoms with Gasteiger partial charge in [-0.15, -0.1) is 0 Å². The fourth-order valence-electron chi connectivity index (χ4n) is 9.63. The Morgan fingerprint density at radius 3 is 1.27 bits per heavy atom. The Bertz CT molecular complexity index is 3100. The molecule has 0 aliphatic carbocycles. The SMILES string of the molecule is c1ccc(-c2ccc(-c3cccc(N(c4ccc(-c5ccccc5)cc4)c4ccc5c(c4)N(c4ccccc4)c4ccccc4[Si]5(c4ccccc4)c4ccccc4)c3)cc2)cc1. The Kier molecular flexibility index (Phi) is 9.93. The van der Waals surface area contributed by atoms with E-state index in [1.54, 1.807) is 0 Å². The summed E-state index contributed by atoms with van der Waals surface area (Å²) in [5, 5.41) is 5.47. The topological polar surface area (TPSA) is 6.48 Å². The van der Waals surface area contributed by atoms with Gasteiger partial charge in [-0.3, -0.25) is 0 Å². The molecule has 1 aliphatic rings. The summed E-state index contributed by atoms with van der Waals surface area (Å²) in [6, 6.07) is 97.9. The summed E-state index contributed by atoms with van der Waals surface area (Å²) in [5.41, 5.74) is 13.9. The van der Waals surface area contributed by atoms with Crippen LogP contribution in [0.2, 0.25) is 0 Å². The number of anilines is 6. The van der Waals surface area contributed by atoms with Gasteiger partial charge in [-0.05, 0) is 109 Å². The first-order valence-corrected chi connectivity index (χ1v) is 23.7. The number of benzene rings is 10. The van der Waals surface area contributed by atoms with Crippen molar-refractivity contribution in [1.29, 1.82) is 0 Å². The molecule has 11 rings (SSSR count). The largest absolute Gasteiger partial charge is 0.311 e. The Morgan fingerprint density at radius 2 is 0.683 bits per heavy atom. The molecule has 1 aliphatic heterocycles. The second-order valence-electron chi connectivity index (χ2n) is 16.1. The molecule has 1 heterocycles. The maximum atomic E-state index is 2.49. The fraction of sp³-hybridized carbons (Fsp3) is 0. The minimum Gasteiger partial charge on any atom is -0.311 e. The highest BCUT2D eigenvalue weighted by Gasteiger charge is 2.49. The monoisotopic (exact) mass is 820 g/mol. The van der Waals surface area contributed by atoms with Crippen molar-refractivity contribution >= 4 is 62.9 Å². The van der Waals surface area contributed by atoms with Crippen LogP contribution in [0.25, 0.3) is 33.4 Å². The highest BCUT2D eigenvalue weighted by atomic mass is 28.3. The molecule has 0 atom stereocenters. The van der Waals surface area contributed by atoms with E-state index in [0.29, 0.717) is 0 Å². The second-order valence-corrected chi connectivity index (χ2v) is 19.8. The molecule has 0 bridgehead atoms. The van der Waals surface area contributed by atoms with E-state index in [2.05, 4.69) is 277 Å². The van der Waals surface area contributed by atoms with Crippen LogP contribution in [0, 0.1) is 0 Å². The van der Waals surface area contributed by atoms with Crippen LogP contribution in [-0.4, -0.2) is 8.07 Å². The van der Waals surface area contributed by atoms with Gasteiger partial charge in [-0.2, -0.15) is 0 Å². The maximum absolute atomic E-state index is 2.85. The molecule has 0 aromatic heterocycles. The number of nitrogens with zero attached hydrogens (tertiary/aromatic N) is 2. The summed E-state index contributed by atoms with van der Waals surface area (Å²) in [7, 11) is -2.85. The molecule has 0 amide bonds. The molecule has 0 radical (unpaired) electrons. The van der Waals surface area contributed by atoms with E-state index in [0.717, 1.165) is 28.3 Å². The first-order valence-electron chi connectivity index (χ1n) is 21.7. The third-order valence-electron chi connectivity index (χ3n) is 12.5. The number of hydrogen-bond acceptors (Lipinski definition) is 2. The number of hydrogen-bond donors (Lipinski definition) is 0. The van der Waals surface area contributed by atoms with Crippen molar-refractivity contribution in [2.24, 2.45) is 0 Å². The average molecular weight is 821 g/mol. The van der Waals surface area contributed by atoms with Crippen molar-refractivity contribution in [2.75, 3.05) is 9.80 Å². The summed E-state index contributed by atoms with van der Waals surface area (Å²) >= 11 is 0. The average Bonchev–Trinajstić information content (AvgIpc) is 3.37. The number of rotatable bonds is 9. The van der Waals surface area contributed by atoms with E-state index >= 15 is 0 Å². The molecule has 2 nitrogen and oxygen atoms in total. The molecule has 0 N–H and O–H groups in total. The quantitative estimate of drug-likeness (QED) is 0.134. The summed E-state index contributed by atoms with van der Waals surface area (Å²) in [4.78, 5) is 4.92. The van der Waals surface area contributed by atoms with Crippen LogP contribution in [0.5, 0.6) is 0 Å². The Balaban J connectivity index is 1.13. The van der Waals surface area contributed by atoms with Crippen molar-refractivity contribution < 1.29 is 0 Å². The Labute approximate surface area is 371 Å². The number of para-hydroxylation sites is 2. The van der Waals surface area contributed by atoms with E-state index in [1.165, 1.54) is 59.9 Å².